The highest BCUT2D eigenvalue weighted by atomic mass is 32.2. The van der Waals surface area contributed by atoms with Gasteiger partial charge in [0.1, 0.15) is 0 Å². The molecule has 1 rings (SSSR count). The molecule has 1 heterocycles. The molecule has 1 aliphatic heterocycles. The Morgan fingerprint density at radius 3 is 2.56 bits per heavy atom. The zero-order chi connectivity index (χ0) is 14.0. The van der Waals surface area contributed by atoms with Gasteiger partial charge in [0.2, 0.25) is 10.0 Å². The first-order valence-electron chi connectivity index (χ1n) is 6.80. The van der Waals surface area contributed by atoms with Gasteiger partial charge in [-0.05, 0) is 37.0 Å². The minimum absolute atomic E-state index is 0.0899. The standard InChI is InChI=1S/C13H27NO3S/c1-5-13(2,3)12(15)9-11-7-6-8-14(10-11)18(4,16)17/h11-12,15H,5-10H2,1-4H3. The molecule has 0 bridgehead atoms. The number of aliphatic hydroxyl groups is 1. The summed E-state index contributed by atoms with van der Waals surface area (Å²) in [6.07, 6.45) is 4.46. The largest absolute Gasteiger partial charge is 0.393 e. The topological polar surface area (TPSA) is 57.6 Å². The molecule has 0 aliphatic carbocycles. The van der Waals surface area contributed by atoms with Gasteiger partial charge in [0, 0.05) is 13.1 Å². The van der Waals surface area contributed by atoms with Crippen molar-refractivity contribution in [2.45, 2.75) is 52.6 Å². The van der Waals surface area contributed by atoms with Crippen LogP contribution in [0.3, 0.4) is 0 Å². The zero-order valence-electron chi connectivity index (χ0n) is 12.0. The summed E-state index contributed by atoms with van der Waals surface area (Å²) < 4.78 is 24.6. The van der Waals surface area contributed by atoms with Gasteiger partial charge in [-0.3, -0.25) is 0 Å². The van der Waals surface area contributed by atoms with Gasteiger partial charge in [0.05, 0.1) is 12.4 Å². The van der Waals surface area contributed by atoms with Crippen LogP contribution in [0.25, 0.3) is 0 Å². The second-order valence-corrected chi connectivity index (χ2v) is 8.21. The number of piperidine rings is 1. The van der Waals surface area contributed by atoms with Gasteiger partial charge < -0.3 is 5.11 Å². The molecule has 0 amide bonds. The summed E-state index contributed by atoms with van der Waals surface area (Å²) in [4.78, 5) is 0. The normalized spacial score (nSPS) is 25.1. The molecule has 2 atom stereocenters. The Kier molecular flexibility index (Phi) is 5.21. The van der Waals surface area contributed by atoms with Crippen molar-refractivity contribution in [3.8, 4) is 0 Å². The molecule has 4 nitrogen and oxygen atoms in total. The number of aliphatic hydroxyl groups excluding tert-OH is 1. The lowest BCUT2D eigenvalue weighted by Crippen LogP contribution is -2.41. The van der Waals surface area contributed by atoms with Crippen molar-refractivity contribution < 1.29 is 13.5 Å². The number of nitrogens with zero attached hydrogens (tertiary/aromatic N) is 1. The summed E-state index contributed by atoms with van der Waals surface area (Å²) in [6, 6.07) is 0. The smallest absolute Gasteiger partial charge is 0.211 e. The molecule has 0 radical (unpaired) electrons. The fourth-order valence-electron chi connectivity index (χ4n) is 2.39. The Labute approximate surface area is 111 Å². The summed E-state index contributed by atoms with van der Waals surface area (Å²) >= 11 is 0. The average molecular weight is 277 g/mol. The van der Waals surface area contributed by atoms with Crippen molar-refractivity contribution in [1.82, 2.24) is 4.31 Å². The Balaban J connectivity index is 2.58. The predicted molar refractivity (Wildman–Crippen MR) is 73.8 cm³/mol. The fraction of sp³-hybridized carbons (Fsp3) is 1.00. The van der Waals surface area contributed by atoms with Crippen LogP contribution in [-0.4, -0.2) is 43.3 Å². The van der Waals surface area contributed by atoms with Gasteiger partial charge in [-0.25, -0.2) is 12.7 Å². The molecule has 0 aromatic carbocycles. The van der Waals surface area contributed by atoms with E-state index in [1.807, 2.05) is 0 Å². The molecule has 0 aromatic rings. The maximum absolute atomic E-state index is 11.5. The molecule has 1 N–H and O–H groups in total. The molecule has 1 saturated heterocycles. The Morgan fingerprint density at radius 2 is 2.06 bits per heavy atom. The van der Waals surface area contributed by atoms with E-state index < -0.39 is 10.0 Å². The van der Waals surface area contributed by atoms with Gasteiger partial charge >= 0.3 is 0 Å². The van der Waals surface area contributed by atoms with E-state index in [9.17, 15) is 13.5 Å². The molecule has 5 heteroatoms. The maximum atomic E-state index is 11.5. The van der Waals surface area contributed by atoms with E-state index in [-0.39, 0.29) is 17.4 Å². The third kappa shape index (κ3) is 4.21. The molecule has 0 aromatic heterocycles. The monoisotopic (exact) mass is 277 g/mol. The predicted octanol–water partition coefficient (Wildman–Crippen LogP) is 1.85. The molecule has 1 fully saturated rings. The maximum Gasteiger partial charge on any atom is 0.211 e. The lowest BCUT2D eigenvalue weighted by molar-refractivity contribution is 0.0203. The van der Waals surface area contributed by atoms with Crippen LogP contribution >= 0.6 is 0 Å². The third-order valence-corrected chi connectivity index (χ3v) is 5.59. The second-order valence-electron chi connectivity index (χ2n) is 6.22. The first kappa shape index (κ1) is 15.9. The first-order valence-corrected chi connectivity index (χ1v) is 8.65. The van der Waals surface area contributed by atoms with Crippen molar-refractivity contribution in [1.29, 1.82) is 0 Å². The minimum atomic E-state index is -3.08. The Bertz CT molecular complexity index is 364. The van der Waals surface area contributed by atoms with E-state index in [0.29, 0.717) is 19.5 Å². The van der Waals surface area contributed by atoms with E-state index >= 15 is 0 Å². The fourth-order valence-corrected chi connectivity index (χ4v) is 3.33. The quantitative estimate of drug-likeness (QED) is 0.834. The van der Waals surface area contributed by atoms with Crippen LogP contribution in [0.1, 0.15) is 46.5 Å². The summed E-state index contributed by atoms with van der Waals surface area (Å²) in [5.41, 5.74) is -0.0899. The molecule has 2 unspecified atom stereocenters. The van der Waals surface area contributed by atoms with Gasteiger partial charge in [-0.1, -0.05) is 20.8 Å². The molecule has 0 spiro atoms. The van der Waals surface area contributed by atoms with E-state index in [4.69, 9.17) is 0 Å². The molecule has 18 heavy (non-hydrogen) atoms. The number of hydrogen-bond acceptors (Lipinski definition) is 3. The SMILES string of the molecule is CCC(C)(C)C(O)CC1CCCN(S(C)(=O)=O)C1. The summed E-state index contributed by atoms with van der Waals surface area (Å²) in [7, 11) is -3.08. The molecule has 1 aliphatic rings. The van der Waals surface area contributed by atoms with Crippen molar-refractivity contribution >= 4 is 10.0 Å². The van der Waals surface area contributed by atoms with Crippen LogP contribution in [0.2, 0.25) is 0 Å². The number of sulfonamides is 1. The van der Waals surface area contributed by atoms with E-state index in [0.717, 1.165) is 19.3 Å². The summed E-state index contributed by atoms with van der Waals surface area (Å²) in [5, 5.41) is 10.3. The zero-order valence-corrected chi connectivity index (χ0v) is 12.8. The molecular formula is C13H27NO3S. The second kappa shape index (κ2) is 5.88. The lowest BCUT2D eigenvalue weighted by atomic mass is 9.78. The third-order valence-electron chi connectivity index (χ3n) is 4.32. The van der Waals surface area contributed by atoms with Crippen LogP contribution in [0.15, 0.2) is 0 Å². The molecule has 0 saturated carbocycles. The molecular weight excluding hydrogens is 250 g/mol. The average Bonchev–Trinajstić information content (AvgIpc) is 2.28. The molecule has 108 valence electrons. The van der Waals surface area contributed by atoms with Gasteiger partial charge in [-0.2, -0.15) is 0 Å². The summed E-state index contributed by atoms with van der Waals surface area (Å²) in [5.74, 6) is 0.286. The van der Waals surface area contributed by atoms with Gasteiger partial charge in [0.15, 0.2) is 0 Å². The highest BCUT2D eigenvalue weighted by molar-refractivity contribution is 7.88. The van der Waals surface area contributed by atoms with Crippen molar-refractivity contribution in [2.75, 3.05) is 19.3 Å². The Morgan fingerprint density at radius 1 is 1.44 bits per heavy atom. The van der Waals surface area contributed by atoms with Crippen LogP contribution < -0.4 is 0 Å². The number of hydrogen-bond donors (Lipinski definition) is 1. The van der Waals surface area contributed by atoms with E-state index in [1.54, 1.807) is 4.31 Å². The Hall–Kier alpha value is -0.130. The van der Waals surface area contributed by atoms with E-state index in [2.05, 4.69) is 20.8 Å². The highest BCUT2D eigenvalue weighted by Gasteiger charge is 2.32. The van der Waals surface area contributed by atoms with Crippen LogP contribution in [0, 0.1) is 11.3 Å². The van der Waals surface area contributed by atoms with Crippen molar-refractivity contribution in [2.24, 2.45) is 11.3 Å². The van der Waals surface area contributed by atoms with Crippen LogP contribution in [0.4, 0.5) is 0 Å². The highest BCUT2D eigenvalue weighted by Crippen LogP contribution is 2.32. The van der Waals surface area contributed by atoms with Gasteiger partial charge in [0.25, 0.3) is 0 Å². The van der Waals surface area contributed by atoms with Crippen LogP contribution in [-0.2, 0) is 10.0 Å². The first-order chi connectivity index (χ1) is 8.16. The summed E-state index contributed by atoms with van der Waals surface area (Å²) in [6.45, 7) is 7.40. The van der Waals surface area contributed by atoms with E-state index in [1.165, 1.54) is 6.26 Å². The van der Waals surface area contributed by atoms with Crippen molar-refractivity contribution in [3.63, 3.8) is 0 Å². The van der Waals surface area contributed by atoms with Crippen LogP contribution in [0.5, 0.6) is 0 Å². The minimum Gasteiger partial charge on any atom is -0.393 e. The van der Waals surface area contributed by atoms with Crippen molar-refractivity contribution in [3.05, 3.63) is 0 Å². The van der Waals surface area contributed by atoms with Gasteiger partial charge in [-0.15, -0.1) is 0 Å². The lowest BCUT2D eigenvalue weighted by Gasteiger charge is -2.36. The number of rotatable bonds is 5.